The zero-order valence-electron chi connectivity index (χ0n) is 5.69. The summed E-state index contributed by atoms with van der Waals surface area (Å²) in [6, 6.07) is 0. The number of allylic oxidation sites excluding steroid dienone is 1. The van der Waals surface area contributed by atoms with Gasteiger partial charge in [0.05, 0.1) is 13.0 Å². The minimum Gasteiger partial charge on any atom is -0.396 e. The summed E-state index contributed by atoms with van der Waals surface area (Å²) in [6.07, 6.45) is 6.85. The Morgan fingerprint density at radius 3 is 2.67 bits per heavy atom. The van der Waals surface area contributed by atoms with Crippen molar-refractivity contribution in [1.29, 1.82) is 0 Å². The van der Waals surface area contributed by atoms with Crippen LogP contribution in [0.2, 0.25) is 0 Å². The van der Waals surface area contributed by atoms with Crippen molar-refractivity contribution in [2.75, 3.05) is 6.61 Å². The lowest BCUT2D eigenvalue weighted by molar-refractivity contribution is 0.283. The first kappa shape index (κ1) is 8.39. The molecule has 0 aromatic heterocycles. The molecule has 0 amide bonds. The Labute approximate surface area is 56.7 Å². The maximum atomic E-state index is 8.37. The van der Waals surface area contributed by atoms with Gasteiger partial charge in [0.2, 0.25) is 0 Å². The highest BCUT2D eigenvalue weighted by molar-refractivity contribution is 4.65. The van der Waals surface area contributed by atoms with Gasteiger partial charge in [-0.05, 0) is 19.3 Å². The predicted molar refractivity (Wildman–Crippen MR) is 37.9 cm³/mol. The van der Waals surface area contributed by atoms with Crippen LogP contribution in [-0.4, -0.2) is 11.7 Å². The lowest BCUT2D eigenvalue weighted by Gasteiger charge is -1.88. The zero-order chi connectivity index (χ0) is 6.95. The minimum atomic E-state index is 0.303. The molecule has 0 aromatic carbocycles. The Bertz CT molecular complexity index is 90.7. The summed E-state index contributed by atoms with van der Waals surface area (Å²) in [7, 11) is 0. The summed E-state index contributed by atoms with van der Waals surface area (Å²) >= 11 is 0. The number of aliphatic hydroxyl groups excluding tert-OH is 1. The van der Waals surface area contributed by atoms with E-state index in [1.165, 1.54) is 0 Å². The molecule has 0 radical (unpaired) electrons. The highest BCUT2D eigenvalue weighted by Crippen LogP contribution is 1.97. The average Bonchev–Trinajstić information content (AvgIpc) is 1.89. The minimum absolute atomic E-state index is 0.303. The fraction of sp³-hybridized carbons (Fsp3) is 0.625. The highest BCUT2D eigenvalue weighted by atomic mass is 16.2. The van der Waals surface area contributed by atoms with Gasteiger partial charge in [0.15, 0.2) is 0 Å². The van der Waals surface area contributed by atoms with Crippen LogP contribution in [0.1, 0.15) is 25.7 Å². The maximum Gasteiger partial charge on any atom is 0.135 e. The van der Waals surface area contributed by atoms with Gasteiger partial charge in [-0.25, -0.2) is 0 Å². The van der Waals surface area contributed by atoms with Crippen LogP contribution in [0.15, 0.2) is 12.3 Å². The first-order valence-corrected chi connectivity index (χ1v) is 3.27. The third-order valence-corrected chi connectivity index (χ3v) is 1.08. The van der Waals surface area contributed by atoms with E-state index in [4.69, 9.17) is 5.11 Å². The quantitative estimate of drug-likeness (QED) is 0.337. The normalized spacial score (nSPS) is 8.11. The van der Waals surface area contributed by atoms with Gasteiger partial charge in [0.25, 0.3) is 0 Å². The molecule has 0 spiro atoms. The number of rotatable bonds is 5. The average molecular weight is 125 g/mol. The maximum absolute atomic E-state index is 8.37. The largest absolute Gasteiger partial charge is 0.396 e. The molecule has 9 heavy (non-hydrogen) atoms. The van der Waals surface area contributed by atoms with E-state index in [2.05, 4.69) is 18.4 Å². The van der Waals surface area contributed by atoms with Crippen molar-refractivity contribution in [3.05, 3.63) is 18.4 Å². The van der Waals surface area contributed by atoms with Crippen molar-refractivity contribution in [3.8, 4) is 0 Å². The summed E-state index contributed by atoms with van der Waals surface area (Å²) < 4.78 is 0. The number of unbranched alkanes of at least 4 members (excludes halogenated alkanes) is 3. The summed E-state index contributed by atoms with van der Waals surface area (Å²) in [5.41, 5.74) is 2.58. The molecule has 0 aromatic rings. The van der Waals surface area contributed by atoms with Gasteiger partial charge in [0, 0.05) is 6.61 Å². The van der Waals surface area contributed by atoms with Crippen LogP contribution in [0, 0.1) is 6.08 Å². The van der Waals surface area contributed by atoms with E-state index < -0.39 is 0 Å². The summed E-state index contributed by atoms with van der Waals surface area (Å²) in [4.78, 5) is 0. The Kier molecular flexibility index (Phi) is 6.89. The molecule has 1 N–H and O–H groups in total. The van der Waals surface area contributed by atoms with Crippen molar-refractivity contribution in [2.45, 2.75) is 25.7 Å². The lowest BCUT2D eigenvalue weighted by Crippen LogP contribution is -1.81. The van der Waals surface area contributed by atoms with Gasteiger partial charge < -0.3 is 5.11 Å². The van der Waals surface area contributed by atoms with Crippen molar-refractivity contribution in [1.82, 2.24) is 0 Å². The topological polar surface area (TPSA) is 20.2 Å². The molecule has 0 fully saturated rings. The fourth-order valence-corrected chi connectivity index (χ4v) is 0.590. The van der Waals surface area contributed by atoms with Crippen LogP contribution in [0.4, 0.5) is 0 Å². The van der Waals surface area contributed by atoms with Crippen LogP contribution < -0.4 is 0 Å². The van der Waals surface area contributed by atoms with E-state index in [-0.39, 0.29) is 0 Å². The molecule has 0 aliphatic heterocycles. The molecule has 0 unspecified atom stereocenters. The van der Waals surface area contributed by atoms with Gasteiger partial charge in [-0.3, -0.25) is 0 Å². The van der Waals surface area contributed by atoms with Gasteiger partial charge >= 0.3 is 0 Å². The number of hydrogen-bond acceptors (Lipinski definition) is 1. The highest BCUT2D eigenvalue weighted by Gasteiger charge is 1.87. The van der Waals surface area contributed by atoms with Gasteiger partial charge in [-0.15, -0.1) is 0 Å². The summed E-state index contributed by atoms with van der Waals surface area (Å²) in [5.74, 6) is 0. The fourth-order valence-electron chi connectivity index (χ4n) is 0.590. The third kappa shape index (κ3) is 7.39. The molecule has 0 atom stereocenters. The van der Waals surface area contributed by atoms with E-state index >= 15 is 0 Å². The molecule has 0 aliphatic carbocycles. The SMILES string of the molecule is C=C=[C+]CCCCCO. The molecule has 0 bridgehead atoms. The Balaban J connectivity index is 2.82. The summed E-state index contributed by atoms with van der Waals surface area (Å²) in [5, 5.41) is 8.37. The summed E-state index contributed by atoms with van der Waals surface area (Å²) in [6.45, 7) is 3.70. The molecule has 0 saturated carbocycles. The Hall–Kier alpha value is -0.610. The van der Waals surface area contributed by atoms with E-state index in [1.807, 2.05) is 0 Å². The molecule has 0 rings (SSSR count). The van der Waals surface area contributed by atoms with Gasteiger partial charge in [-0.2, -0.15) is 0 Å². The monoisotopic (exact) mass is 125 g/mol. The molecular formula is C8H13O+. The van der Waals surface area contributed by atoms with Crippen molar-refractivity contribution in [3.63, 3.8) is 0 Å². The standard InChI is InChI=1S/C8H13O/c1-2-3-4-5-6-7-8-9/h9H,1,4-8H2/q+1. The van der Waals surface area contributed by atoms with Crippen molar-refractivity contribution in [2.24, 2.45) is 0 Å². The van der Waals surface area contributed by atoms with E-state index in [1.54, 1.807) is 0 Å². The number of hydrogen-bond donors (Lipinski definition) is 1. The third-order valence-electron chi connectivity index (χ3n) is 1.08. The van der Waals surface area contributed by atoms with Gasteiger partial charge in [0.1, 0.15) is 11.8 Å². The van der Waals surface area contributed by atoms with Crippen LogP contribution in [0.25, 0.3) is 0 Å². The molecule has 50 valence electrons. The predicted octanol–water partition coefficient (Wildman–Crippen LogP) is 1.68. The second-order valence-corrected chi connectivity index (χ2v) is 1.89. The van der Waals surface area contributed by atoms with E-state index in [0.717, 1.165) is 25.7 Å². The second-order valence-electron chi connectivity index (χ2n) is 1.89. The van der Waals surface area contributed by atoms with Crippen LogP contribution >= 0.6 is 0 Å². The van der Waals surface area contributed by atoms with Crippen molar-refractivity contribution >= 4 is 0 Å². The number of aliphatic hydroxyl groups is 1. The molecule has 1 nitrogen and oxygen atoms in total. The van der Waals surface area contributed by atoms with Crippen LogP contribution in [0.3, 0.4) is 0 Å². The van der Waals surface area contributed by atoms with Crippen LogP contribution in [0.5, 0.6) is 0 Å². The van der Waals surface area contributed by atoms with E-state index in [9.17, 15) is 0 Å². The first-order chi connectivity index (χ1) is 4.41. The zero-order valence-corrected chi connectivity index (χ0v) is 5.69. The van der Waals surface area contributed by atoms with Crippen LogP contribution in [-0.2, 0) is 0 Å². The molecule has 0 heterocycles. The Morgan fingerprint density at radius 1 is 1.33 bits per heavy atom. The van der Waals surface area contributed by atoms with E-state index in [0.29, 0.717) is 6.61 Å². The lowest BCUT2D eigenvalue weighted by atomic mass is 10.2. The Morgan fingerprint density at radius 2 is 2.11 bits per heavy atom. The molecule has 0 saturated heterocycles. The molecule has 0 aliphatic rings. The first-order valence-electron chi connectivity index (χ1n) is 3.27. The molecule has 1 heteroatoms. The molecular weight excluding hydrogens is 112 g/mol. The van der Waals surface area contributed by atoms with Crippen molar-refractivity contribution < 1.29 is 5.11 Å². The van der Waals surface area contributed by atoms with Gasteiger partial charge in [-0.1, -0.05) is 0 Å². The smallest absolute Gasteiger partial charge is 0.135 e. The second kappa shape index (κ2) is 7.39.